The van der Waals surface area contributed by atoms with Crippen LogP contribution in [0.15, 0.2) is 24.0 Å². The summed E-state index contributed by atoms with van der Waals surface area (Å²) in [5.41, 5.74) is 5.53. The van der Waals surface area contributed by atoms with E-state index in [4.69, 9.17) is 10.5 Å². The predicted molar refractivity (Wildman–Crippen MR) is 50.9 cm³/mol. The fourth-order valence-electron chi connectivity index (χ4n) is 1.44. The average molecular weight is 203 g/mol. The van der Waals surface area contributed by atoms with E-state index in [0.29, 0.717) is 12.3 Å². The highest BCUT2D eigenvalue weighted by Gasteiger charge is 2.21. The minimum Gasteiger partial charge on any atom is -0.492 e. The SMILES string of the molecule is CC1C(OCC(F)F)=CC=CC1CN. The van der Waals surface area contributed by atoms with Crippen LogP contribution in [0.1, 0.15) is 6.92 Å². The van der Waals surface area contributed by atoms with Gasteiger partial charge in [0.2, 0.25) is 0 Å². The van der Waals surface area contributed by atoms with Crippen molar-refractivity contribution in [2.75, 3.05) is 13.2 Å². The van der Waals surface area contributed by atoms with Crippen molar-refractivity contribution in [1.29, 1.82) is 0 Å². The molecule has 1 aliphatic carbocycles. The van der Waals surface area contributed by atoms with Gasteiger partial charge in [-0.1, -0.05) is 19.1 Å². The van der Waals surface area contributed by atoms with Gasteiger partial charge in [-0.3, -0.25) is 0 Å². The highest BCUT2D eigenvalue weighted by molar-refractivity contribution is 5.18. The molecule has 0 amide bonds. The standard InChI is InChI=1S/C10H15F2NO/c1-7-8(5-13)3-2-4-9(7)14-6-10(11)12/h2-4,7-8,10H,5-6,13H2,1H3. The van der Waals surface area contributed by atoms with Gasteiger partial charge in [0.05, 0.1) is 5.76 Å². The van der Waals surface area contributed by atoms with Gasteiger partial charge in [0, 0.05) is 5.92 Å². The summed E-state index contributed by atoms with van der Waals surface area (Å²) < 4.78 is 28.8. The number of ether oxygens (including phenoxy) is 1. The summed E-state index contributed by atoms with van der Waals surface area (Å²) >= 11 is 0. The molecule has 4 heteroatoms. The first-order valence-electron chi connectivity index (χ1n) is 4.64. The summed E-state index contributed by atoms with van der Waals surface area (Å²) in [7, 11) is 0. The molecule has 0 aromatic heterocycles. The number of alkyl halides is 2. The normalized spacial score (nSPS) is 26.5. The summed E-state index contributed by atoms with van der Waals surface area (Å²) in [5, 5.41) is 0. The van der Waals surface area contributed by atoms with Gasteiger partial charge in [0.1, 0.15) is 6.61 Å². The van der Waals surface area contributed by atoms with Crippen LogP contribution in [0, 0.1) is 11.8 Å². The van der Waals surface area contributed by atoms with Crippen LogP contribution in [0.5, 0.6) is 0 Å². The molecule has 2 nitrogen and oxygen atoms in total. The molecule has 0 aromatic carbocycles. The summed E-state index contributed by atoms with van der Waals surface area (Å²) in [4.78, 5) is 0. The number of nitrogens with two attached hydrogens (primary N) is 1. The van der Waals surface area contributed by atoms with E-state index in [1.54, 1.807) is 12.2 Å². The lowest BCUT2D eigenvalue weighted by Gasteiger charge is -2.25. The summed E-state index contributed by atoms with van der Waals surface area (Å²) in [5.74, 6) is 0.875. The maximum atomic E-state index is 11.9. The molecule has 1 aliphatic rings. The zero-order valence-electron chi connectivity index (χ0n) is 8.12. The van der Waals surface area contributed by atoms with Crippen molar-refractivity contribution >= 4 is 0 Å². The maximum absolute atomic E-state index is 11.9. The van der Waals surface area contributed by atoms with E-state index in [0.717, 1.165) is 0 Å². The van der Waals surface area contributed by atoms with Crippen molar-refractivity contribution < 1.29 is 13.5 Å². The van der Waals surface area contributed by atoms with Crippen molar-refractivity contribution in [3.8, 4) is 0 Å². The third-order valence-electron chi connectivity index (χ3n) is 2.36. The van der Waals surface area contributed by atoms with Gasteiger partial charge in [-0.25, -0.2) is 8.78 Å². The monoisotopic (exact) mass is 203 g/mol. The molecule has 80 valence electrons. The minimum absolute atomic E-state index is 0.0868. The molecular weight excluding hydrogens is 188 g/mol. The maximum Gasteiger partial charge on any atom is 0.272 e. The Morgan fingerprint density at radius 1 is 1.57 bits per heavy atom. The Morgan fingerprint density at radius 3 is 2.86 bits per heavy atom. The van der Waals surface area contributed by atoms with Gasteiger partial charge in [-0.2, -0.15) is 0 Å². The van der Waals surface area contributed by atoms with Crippen molar-refractivity contribution in [3.05, 3.63) is 24.0 Å². The number of halogens is 2. The smallest absolute Gasteiger partial charge is 0.272 e. The van der Waals surface area contributed by atoms with Gasteiger partial charge in [-0.15, -0.1) is 0 Å². The van der Waals surface area contributed by atoms with E-state index >= 15 is 0 Å². The highest BCUT2D eigenvalue weighted by atomic mass is 19.3. The molecule has 0 spiro atoms. The molecule has 0 saturated heterocycles. The van der Waals surface area contributed by atoms with Crippen LogP contribution in [0.2, 0.25) is 0 Å². The predicted octanol–water partition coefficient (Wildman–Crippen LogP) is 1.93. The first kappa shape index (κ1) is 11.2. The number of allylic oxidation sites excluding steroid dienone is 3. The van der Waals surface area contributed by atoms with E-state index in [1.807, 2.05) is 13.0 Å². The highest BCUT2D eigenvalue weighted by Crippen LogP contribution is 2.26. The first-order chi connectivity index (χ1) is 6.65. The second-order valence-corrected chi connectivity index (χ2v) is 3.34. The van der Waals surface area contributed by atoms with Crippen LogP contribution in [-0.4, -0.2) is 19.6 Å². The lowest BCUT2D eigenvalue weighted by Crippen LogP contribution is -2.24. The second kappa shape index (κ2) is 5.10. The molecule has 0 aromatic rings. The van der Waals surface area contributed by atoms with Crippen molar-refractivity contribution in [3.63, 3.8) is 0 Å². The zero-order chi connectivity index (χ0) is 10.6. The largest absolute Gasteiger partial charge is 0.492 e. The fraction of sp³-hybridized carbons (Fsp3) is 0.600. The third-order valence-corrected chi connectivity index (χ3v) is 2.36. The molecule has 0 saturated carbocycles. The van der Waals surface area contributed by atoms with Crippen LogP contribution in [0.3, 0.4) is 0 Å². The average Bonchev–Trinajstić information content (AvgIpc) is 2.16. The number of hydrogen-bond donors (Lipinski definition) is 1. The van der Waals surface area contributed by atoms with E-state index in [2.05, 4.69) is 0 Å². The quantitative estimate of drug-likeness (QED) is 0.757. The summed E-state index contributed by atoms with van der Waals surface area (Å²) in [6.07, 6.45) is 3.07. The molecule has 0 heterocycles. The van der Waals surface area contributed by atoms with Gasteiger partial charge in [0.25, 0.3) is 6.43 Å². The summed E-state index contributed by atoms with van der Waals surface area (Å²) in [6.45, 7) is 1.90. The first-order valence-corrected chi connectivity index (χ1v) is 4.64. The molecule has 1 rings (SSSR count). The molecule has 2 unspecified atom stereocenters. The Bertz CT molecular complexity index is 238. The van der Waals surface area contributed by atoms with Gasteiger partial charge in [-0.05, 0) is 18.5 Å². The van der Waals surface area contributed by atoms with Gasteiger partial charge < -0.3 is 10.5 Å². The fourth-order valence-corrected chi connectivity index (χ4v) is 1.44. The topological polar surface area (TPSA) is 35.2 Å². The van der Waals surface area contributed by atoms with Crippen LogP contribution in [-0.2, 0) is 4.74 Å². The number of hydrogen-bond acceptors (Lipinski definition) is 2. The van der Waals surface area contributed by atoms with E-state index < -0.39 is 13.0 Å². The van der Waals surface area contributed by atoms with E-state index in [9.17, 15) is 8.78 Å². The van der Waals surface area contributed by atoms with Crippen LogP contribution < -0.4 is 5.73 Å². The second-order valence-electron chi connectivity index (χ2n) is 3.34. The van der Waals surface area contributed by atoms with Gasteiger partial charge in [0.15, 0.2) is 0 Å². The van der Waals surface area contributed by atoms with E-state index in [1.165, 1.54) is 0 Å². The van der Waals surface area contributed by atoms with E-state index in [-0.39, 0.29) is 11.8 Å². The Kier molecular flexibility index (Phi) is 4.07. The molecule has 14 heavy (non-hydrogen) atoms. The molecule has 0 radical (unpaired) electrons. The van der Waals surface area contributed by atoms with Crippen LogP contribution in [0.4, 0.5) is 8.78 Å². The lowest BCUT2D eigenvalue weighted by molar-refractivity contribution is 0.0370. The van der Waals surface area contributed by atoms with Crippen LogP contribution in [0.25, 0.3) is 0 Å². The third kappa shape index (κ3) is 2.80. The molecule has 0 fully saturated rings. The Hall–Kier alpha value is -0.900. The number of rotatable bonds is 4. The van der Waals surface area contributed by atoms with Crippen LogP contribution >= 0.6 is 0 Å². The molecule has 2 N–H and O–H groups in total. The lowest BCUT2D eigenvalue weighted by atomic mass is 9.88. The van der Waals surface area contributed by atoms with Crippen molar-refractivity contribution in [2.24, 2.45) is 17.6 Å². The molecule has 0 bridgehead atoms. The molecule has 0 aliphatic heterocycles. The Morgan fingerprint density at radius 2 is 2.29 bits per heavy atom. The Labute approximate surface area is 82.4 Å². The summed E-state index contributed by atoms with van der Waals surface area (Å²) in [6, 6.07) is 0. The zero-order valence-corrected chi connectivity index (χ0v) is 8.12. The van der Waals surface area contributed by atoms with Crippen molar-refractivity contribution in [2.45, 2.75) is 13.3 Å². The van der Waals surface area contributed by atoms with Crippen molar-refractivity contribution in [1.82, 2.24) is 0 Å². The Balaban J connectivity index is 2.51. The van der Waals surface area contributed by atoms with Gasteiger partial charge >= 0.3 is 0 Å². The minimum atomic E-state index is -2.43. The molecular formula is C10H15F2NO. The molecule has 2 atom stereocenters.